The molecule has 0 bridgehead atoms. The van der Waals surface area contributed by atoms with Gasteiger partial charge in [0.2, 0.25) is 0 Å². The average molecular weight is 776 g/mol. The number of aromatic nitrogens is 4. The zero-order valence-electron chi connectivity index (χ0n) is 27.2. The Balaban J connectivity index is 0.000000407. The molecule has 18 heteroatoms. The van der Waals surface area contributed by atoms with Crippen LogP contribution in [0.5, 0.6) is 0 Å². The van der Waals surface area contributed by atoms with E-state index in [1.165, 1.54) is 36.5 Å². The number of nitrogens with one attached hydrogen (secondary N) is 2. The van der Waals surface area contributed by atoms with Gasteiger partial charge in [-0.1, -0.05) is 59.1 Å². The first-order chi connectivity index (χ1) is 24.4. The van der Waals surface area contributed by atoms with Crippen molar-refractivity contribution in [3.05, 3.63) is 124 Å². The van der Waals surface area contributed by atoms with Gasteiger partial charge in [0.15, 0.2) is 5.82 Å². The van der Waals surface area contributed by atoms with E-state index in [0.717, 1.165) is 22.8 Å². The standard InChI is InChI=1S/C27H21ClF3N5O4S.C7H8O3S/c1-16-2-8-19(9-3-16)41(38,39)35-26(37)40-13-11-17-4-6-18(7-5-17)36-24-15-21(28)20(27(29,30)31)14-23(24)33-25(36)22-10-12-32-34-22;1-6-2-4-7(5-3-6)11(8,9)10/h2-10,12,14-15H,11,13H2,1H3,(H,32,34)(H,35,37);2-5H,1H3,(H,8,9,10). The number of aryl methyl sites for hydroxylation is 2. The van der Waals surface area contributed by atoms with Crippen molar-refractivity contribution < 1.29 is 44.1 Å². The van der Waals surface area contributed by atoms with E-state index < -0.39 is 43.0 Å². The predicted octanol–water partition coefficient (Wildman–Crippen LogP) is 7.30. The Morgan fingerprint density at radius 3 is 2.04 bits per heavy atom. The van der Waals surface area contributed by atoms with E-state index in [4.69, 9.17) is 20.9 Å². The first-order valence-corrected chi connectivity index (χ1v) is 18.4. The Hall–Kier alpha value is -5.23. The van der Waals surface area contributed by atoms with Crippen molar-refractivity contribution >= 4 is 48.9 Å². The van der Waals surface area contributed by atoms with Crippen molar-refractivity contribution in [2.75, 3.05) is 6.61 Å². The Bertz CT molecular complexity index is 2420. The Morgan fingerprint density at radius 1 is 0.904 bits per heavy atom. The van der Waals surface area contributed by atoms with E-state index in [9.17, 15) is 34.8 Å². The molecule has 1 amide bonds. The van der Waals surface area contributed by atoms with E-state index >= 15 is 0 Å². The first-order valence-electron chi connectivity index (χ1n) is 15.1. The van der Waals surface area contributed by atoms with Gasteiger partial charge >= 0.3 is 12.3 Å². The van der Waals surface area contributed by atoms with Gasteiger partial charge in [0.25, 0.3) is 20.1 Å². The number of sulfonamides is 1. The number of ether oxygens (including phenoxy) is 1. The molecular weight excluding hydrogens is 747 g/mol. The highest BCUT2D eigenvalue weighted by Crippen LogP contribution is 2.38. The maximum absolute atomic E-state index is 13.4. The number of benzene rings is 4. The van der Waals surface area contributed by atoms with Crippen LogP contribution >= 0.6 is 11.6 Å². The zero-order valence-corrected chi connectivity index (χ0v) is 29.6. The maximum atomic E-state index is 13.4. The predicted molar refractivity (Wildman–Crippen MR) is 186 cm³/mol. The molecule has 0 fully saturated rings. The second-order valence-electron chi connectivity index (χ2n) is 11.3. The van der Waals surface area contributed by atoms with Crippen molar-refractivity contribution in [1.29, 1.82) is 0 Å². The molecule has 0 aliphatic rings. The molecule has 0 atom stereocenters. The summed E-state index contributed by atoms with van der Waals surface area (Å²) >= 11 is 6.01. The molecule has 52 heavy (non-hydrogen) atoms. The molecule has 0 aliphatic heterocycles. The summed E-state index contributed by atoms with van der Waals surface area (Å²) in [5.74, 6) is 0.329. The molecule has 6 rings (SSSR count). The fraction of sp³-hybridized carbons (Fsp3) is 0.147. The molecule has 0 saturated carbocycles. The topological polar surface area (TPSA) is 173 Å². The molecule has 272 valence electrons. The Morgan fingerprint density at radius 2 is 1.50 bits per heavy atom. The minimum atomic E-state index is -4.64. The third-order valence-electron chi connectivity index (χ3n) is 7.48. The third kappa shape index (κ3) is 9.16. The van der Waals surface area contributed by atoms with Crippen LogP contribution < -0.4 is 4.72 Å². The molecule has 4 aromatic carbocycles. The van der Waals surface area contributed by atoms with Gasteiger partial charge in [-0.25, -0.2) is 22.9 Å². The van der Waals surface area contributed by atoms with Crippen molar-refractivity contribution in [2.24, 2.45) is 0 Å². The van der Waals surface area contributed by atoms with Gasteiger partial charge in [0, 0.05) is 18.3 Å². The lowest BCUT2D eigenvalue weighted by Gasteiger charge is -2.12. The molecule has 0 unspecified atom stereocenters. The zero-order chi connectivity index (χ0) is 37.8. The maximum Gasteiger partial charge on any atom is 0.421 e. The summed E-state index contributed by atoms with van der Waals surface area (Å²) in [6.45, 7) is 3.55. The van der Waals surface area contributed by atoms with Gasteiger partial charge in [-0.2, -0.15) is 26.7 Å². The third-order valence-corrected chi connectivity index (χ3v) is 9.99. The van der Waals surface area contributed by atoms with Gasteiger partial charge < -0.3 is 4.74 Å². The normalized spacial score (nSPS) is 11.9. The number of rotatable bonds is 8. The van der Waals surface area contributed by atoms with Gasteiger partial charge in [-0.3, -0.25) is 14.2 Å². The van der Waals surface area contributed by atoms with E-state index in [1.807, 2.05) is 18.6 Å². The van der Waals surface area contributed by atoms with Crippen molar-refractivity contribution in [3.63, 3.8) is 0 Å². The smallest absolute Gasteiger partial charge is 0.421 e. The lowest BCUT2D eigenvalue weighted by molar-refractivity contribution is -0.137. The number of nitrogens with zero attached hydrogens (tertiary/aromatic N) is 3. The summed E-state index contributed by atoms with van der Waals surface area (Å²) in [6, 6.07) is 22.7. The van der Waals surface area contributed by atoms with Crippen LogP contribution in [-0.2, 0) is 37.5 Å². The second-order valence-corrected chi connectivity index (χ2v) is 14.8. The van der Waals surface area contributed by atoms with Crippen LogP contribution in [-0.4, -0.2) is 53.8 Å². The molecule has 0 aliphatic carbocycles. The number of hydrogen-bond donors (Lipinski definition) is 3. The Labute approximate surface area is 301 Å². The van der Waals surface area contributed by atoms with Crippen LogP contribution in [0.4, 0.5) is 18.0 Å². The van der Waals surface area contributed by atoms with E-state index in [1.54, 1.807) is 59.2 Å². The number of hydrogen-bond acceptors (Lipinski definition) is 8. The fourth-order valence-corrected chi connectivity index (χ4v) is 6.47. The summed E-state index contributed by atoms with van der Waals surface area (Å²) in [5.41, 5.74) is 3.11. The molecule has 6 aromatic rings. The van der Waals surface area contributed by atoms with Crippen molar-refractivity contribution in [1.82, 2.24) is 24.5 Å². The highest BCUT2D eigenvalue weighted by molar-refractivity contribution is 7.90. The fourth-order valence-electron chi connectivity index (χ4n) is 4.84. The number of halogens is 4. The molecule has 0 spiro atoms. The van der Waals surface area contributed by atoms with Gasteiger partial charge in [0.1, 0.15) is 5.69 Å². The quantitative estimate of drug-likeness (QED) is 0.134. The largest absolute Gasteiger partial charge is 0.448 e. The van der Waals surface area contributed by atoms with Crippen LogP contribution in [0.3, 0.4) is 0 Å². The van der Waals surface area contributed by atoms with Gasteiger partial charge in [-0.15, -0.1) is 0 Å². The summed E-state index contributed by atoms with van der Waals surface area (Å²) in [7, 11) is -8.09. The number of carbonyl (C=O) groups excluding carboxylic acids is 1. The van der Waals surface area contributed by atoms with Crippen LogP contribution in [0.2, 0.25) is 5.02 Å². The van der Waals surface area contributed by atoms with Crippen LogP contribution in [0.1, 0.15) is 22.3 Å². The number of amides is 1. The minimum Gasteiger partial charge on any atom is -0.448 e. The molecule has 2 aromatic heterocycles. The molecule has 0 radical (unpaired) electrons. The molecule has 2 heterocycles. The molecule has 12 nitrogen and oxygen atoms in total. The lowest BCUT2D eigenvalue weighted by atomic mass is 10.1. The van der Waals surface area contributed by atoms with Crippen molar-refractivity contribution in [2.45, 2.75) is 36.2 Å². The SMILES string of the molecule is Cc1ccc(S(=O)(=O)NC(=O)OCCc2ccc(-n3c(-c4ccn[nH]4)nc4cc(C(F)(F)F)c(Cl)cc43)cc2)cc1.Cc1ccc(S(=O)(=O)O)cc1. The van der Waals surface area contributed by atoms with Crippen LogP contribution in [0, 0.1) is 13.8 Å². The summed E-state index contributed by atoms with van der Waals surface area (Å²) in [4.78, 5) is 16.4. The summed E-state index contributed by atoms with van der Waals surface area (Å²) in [6.07, 6.45) is -3.98. The second kappa shape index (κ2) is 15.2. The van der Waals surface area contributed by atoms with Gasteiger partial charge in [-0.05, 0) is 74.0 Å². The molecule has 0 saturated heterocycles. The summed E-state index contributed by atoms with van der Waals surface area (Å²) in [5, 5.41) is 6.23. The average Bonchev–Trinajstić information content (AvgIpc) is 3.73. The monoisotopic (exact) mass is 775 g/mol. The number of carbonyl (C=O) groups is 1. The minimum absolute atomic E-state index is 0.0620. The summed E-state index contributed by atoms with van der Waals surface area (Å²) < 4.78 is 103. The van der Waals surface area contributed by atoms with E-state index in [0.29, 0.717) is 22.7 Å². The molecular formula is C34H29ClF3N5O7S2. The van der Waals surface area contributed by atoms with Crippen LogP contribution in [0.25, 0.3) is 28.2 Å². The van der Waals surface area contributed by atoms with E-state index in [2.05, 4.69) is 15.2 Å². The number of alkyl halides is 3. The highest BCUT2D eigenvalue weighted by Gasteiger charge is 2.34. The molecule has 3 N–H and O–H groups in total. The highest BCUT2D eigenvalue weighted by atomic mass is 35.5. The lowest BCUT2D eigenvalue weighted by Crippen LogP contribution is -2.31. The number of fused-ring (bicyclic) bond motifs is 1. The van der Waals surface area contributed by atoms with E-state index in [-0.39, 0.29) is 28.3 Å². The first kappa shape index (κ1) is 38.0. The number of H-pyrrole nitrogens is 1. The van der Waals surface area contributed by atoms with Gasteiger partial charge in [0.05, 0.1) is 38.0 Å². The Kier molecular flexibility index (Phi) is 11.1. The van der Waals surface area contributed by atoms with Crippen LogP contribution in [0.15, 0.2) is 107 Å². The van der Waals surface area contributed by atoms with Crippen molar-refractivity contribution in [3.8, 4) is 17.2 Å². The number of imidazole rings is 1. The number of aromatic amines is 1.